The first-order valence-electron chi connectivity index (χ1n) is 7.11. The van der Waals surface area contributed by atoms with Crippen LogP contribution in [0.2, 0.25) is 0 Å². The van der Waals surface area contributed by atoms with E-state index in [1.165, 1.54) is 27.1 Å². The van der Waals surface area contributed by atoms with Crippen molar-refractivity contribution in [3.63, 3.8) is 0 Å². The Morgan fingerprint density at radius 1 is 0.783 bits per heavy atom. The fraction of sp³-hybridized carbons (Fsp3) is 0.100. The van der Waals surface area contributed by atoms with Crippen LogP contribution in [0.4, 0.5) is 0 Å². The second-order valence-corrected chi connectivity index (χ2v) is 5.00. The third kappa shape index (κ3) is 5.61. The summed E-state index contributed by atoms with van der Waals surface area (Å²) in [6, 6.07) is 27.7. The molecule has 4 aromatic rings. The van der Waals surface area contributed by atoms with Gasteiger partial charge >= 0.3 is 26.2 Å². The van der Waals surface area contributed by atoms with E-state index in [1.807, 2.05) is 0 Å². The Hall–Kier alpha value is -0.877. The predicted octanol–water partition coefficient (Wildman–Crippen LogP) is -0.315. The number of fused-ring (bicyclic) bond motifs is 2. The van der Waals surface area contributed by atoms with Crippen LogP contribution >= 0.6 is 0 Å². The van der Waals surface area contributed by atoms with Gasteiger partial charge in [-0.3, -0.25) is 0 Å². The van der Waals surface area contributed by atoms with Crippen molar-refractivity contribution in [2.24, 2.45) is 0 Å². The number of aryl methyl sites for hydroxylation is 1. The number of rotatable bonds is 1. The molecule has 3 heteroatoms. The van der Waals surface area contributed by atoms with Crippen LogP contribution in [0.3, 0.4) is 0 Å². The number of benzene rings is 2. The van der Waals surface area contributed by atoms with Crippen molar-refractivity contribution in [2.75, 3.05) is 0 Å². The van der Waals surface area contributed by atoms with Gasteiger partial charge in [0.15, 0.2) is 0 Å². The number of hydrogen-bond donors (Lipinski definition) is 0. The molecule has 0 radical (unpaired) electrons. The maximum Gasteiger partial charge on any atom is 4.00 e. The quantitative estimate of drug-likeness (QED) is 0.371. The summed E-state index contributed by atoms with van der Waals surface area (Å²) < 4.78 is 0. The van der Waals surface area contributed by atoms with Crippen LogP contribution in [-0.4, -0.2) is 0 Å². The maximum absolute atomic E-state index is 2.26. The topological polar surface area (TPSA) is 0 Å². The van der Waals surface area contributed by atoms with Crippen molar-refractivity contribution >= 4 is 21.5 Å². The van der Waals surface area contributed by atoms with E-state index in [-0.39, 0.29) is 51.0 Å². The zero-order valence-corrected chi connectivity index (χ0v) is 16.9. The molecule has 0 unspecified atom stereocenters. The van der Waals surface area contributed by atoms with Gasteiger partial charge < -0.3 is 24.8 Å². The number of halogens is 2. The summed E-state index contributed by atoms with van der Waals surface area (Å²) in [6.07, 6.45) is 1.13. The first-order chi connectivity index (χ1) is 9.86. The average Bonchev–Trinajstić information content (AvgIpc) is 3.13. The van der Waals surface area contributed by atoms with E-state index in [0.717, 1.165) is 6.42 Å². The Balaban J connectivity index is 0.000000377. The summed E-state index contributed by atoms with van der Waals surface area (Å²) in [5.41, 5.74) is 1.44. The van der Waals surface area contributed by atoms with Gasteiger partial charge in [0, 0.05) is 0 Å². The second-order valence-electron chi connectivity index (χ2n) is 5.00. The molecule has 0 heterocycles. The van der Waals surface area contributed by atoms with Crippen LogP contribution in [-0.2, 0) is 32.6 Å². The van der Waals surface area contributed by atoms with Crippen molar-refractivity contribution in [1.82, 2.24) is 0 Å². The summed E-state index contributed by atoms with van der Waals surface area (Å²) in [5, 5.41) is 5.39. The van der Waals surface area contributed by atoms with Crippen LogP contribution < -0.4 is 24.8 Å². The van der Waals surface area contributed by atoms with Crippen molar-refractivity contribution in [3.05, 3.63) is 84.4 Å². The van der Waals surface area contributed by atoms with Gasteiger partial charge in [0.05, 0.1) is 0 Å². The largest absolute Gasteiger partial charge is 4.00 e. The normalized spacial score (nSPS) is 9.09. The van der Waals surface area contributed by atoms with Crippen molar-refractivity contribution in [1.29, 1.82) is 0 Å². The van der Waals surface area contributed by atoms with Crippen molar-refractivity contribution in [3.8, 4) is 0 Å². The second kappa shape index (κ2) is 10.8. The molecule has 4 rings (SSSR count). The Morgan fingerprint density at radius 2 is 1.39 bits per heavy atom. The van der Waals surface area contributed by atoms with E-state index in [4.69, 9.17) is 0 Å². The van der Waals surface area contributed by atoms with Crippen LogP contribution in [0.15, 0.2) is 78.9 Å². The molecule has 0 saturated carbocycles. The van der Waals surface area contributed by atoms with Crippen molar-refractivity contribution in [2.45, 2.75) is 13.3 Å². The zero-order valence-electron chi connectivity index (χ0n) is 13.0. The molecule has 0 aliphatic carbocycles. The minimum absolute atomic E-state index is 0. The smallest absolute Gasteiger partial charge is 1.00 e. The molecule has 0 aromatic heterocycles. The maximum atomic E-state index is 2.26. The van der Waals surface area contributed by atoms with Crippen LogP contribution in [0.5, 0.6) is 0 Å². The first kappa shape index (κ1) is 22.1. The standard InChI is InChI=1S/C11H11.C9H7.2ClH.Zr/c1-2-9-7-10-5-3-4-6-11(10)8-9;1-2-5-9-7-3-6-8(9)4-1;;;/h3-8H,2H2,1H3;1-7H;2*1H;/q2*-1;;;+4/p-2. The third-order valence-electron chi connectivity index (χ3n) is 3.63. The number of hydrogen-bond acceptors (Lipinski definition) is 0. The minimum atomic E-state index is 0. The van der Waals surface area contributed by atoms with Crippen LogP contribution in [0.25, 0.3) is 21.5 Å². The summed E-state index contributed by atoms with van der Waals surface area (Å²) >= 11 is 0. The molecule has 0 amide bonds. The predicted molar refractivity (Wildman–Crippen MR) is 88.5 cm³/mol. The van der Waals surface area contributed by atoms with Gasteiger partial charge in [-0.25, -0.2) is 0 Å². The van der Waals surface area contributed by atoms with E-state index in [9.17, 15) is 0 Å². The van der Waals surface area contributed by atoms with E-state index in [0.29, 0.717) is 0 Å². The molecule has 4 aromatic carbocycles. The Morgan fingerprint density at radius 3 is 2.00 bits per heavy atom. The Kier molecular flexibility index (Phi) is 10.4. The fourth-order valence-electron chi connectivity index (χ4n) is 2.49. The van der Waals surface area contributed by atoms with Crippen LogP contribution in [0.1, 0.15) is 12.5 Å². The molecule has 23 heavy (non-hydrogen) atoms. The molecular weight excluding hydrogens is 402 g/mol. The zero-order chi connectivity index (χ0) is 13.8. The SMILES string of the molecule is CCc1cc2ccccc2[cH-]1.[Cl-].[Cl-].[Zr+4].c1ccc2[cH-]ccc2c1. The summed E-state index contributed by atoms with van der Waals surface area (Å²) in [5.74, 6) is 0. The monoisotopic (exact) mass is 418 g/mol. The van der Waals surface area contributed by atoms with Gasteiger partial charge in [-0.1, -0.05) is 19.1 Å². The molecule has 0 saturated heterocycles. The summed E-state index contributed by atoms with van der Waals surface area (Å²) in [7, 11) is 0. The summed E-state index contributed by atoms with van der Waals surface area (Å²) in [6.45, 7) is 2.19. The van der Waals surface area contributed by atoms with E-state index >= 15 is 0 Å². The Labute approximate surface area is 169 Å². The van der Waals surface area contributed by atoms with Gasteiger partial charge in [-0.15, -0.1) is 70.3 Å². The van der Waals surface area contributed by atoms with E-state index < -0.39 is 0 Å². The molecule has 116 valence electrons. The van der Waals surface area contributed by atoms with E-state index in [1.54, 1.807) is 0 Å². The molecule has 0 nitrogen and oxygen atoms in total. The molecule has 0 aliphatic heterocycles. The van der Waals surface area contributed by atoms with Gasteiger partial charge in [0.2, 0.25) is 0 Å². The average molecular weight is 420 g/mol. The van der Waals surface area contributed by atoms with Gasteiger partial charge in [-0.05, 0) is 6.42 Å². The van der Waals surface area contributed by atoms with Crippen LogP contribution in [0, 0.1) is 0 Å². The molecule has 0 bridgehead atoms. The molecule has 0 atom stereocenters. The van der Waals surface area contributed by atoms with E-state index in [2.05, 4.69) is 85.8 Å². The van der Waals surface area contributed by atoms with Crippen molar-refractivity contribution < 1.29 is 51.0 Å². The van der Waals surface area contributed by atoms with Gasteiger partial charge in [0.25, 0.3) is 0 Å². The Bertz CT molecular complexity index is 751. The van der Waals surface area contributed by atoms with Gasteiger partial charge in [0.1, 0.15) is 0 Å². The molecular formula is C20H18Cl2Zr. The molecule has 0 spiro atoms. The molecule has 0 aliphatic rings. The minimum Gasteiger partial charge on any atom is -1.00 e. The molecule has 0 fully saturated rings. The molecule has 0 N–H and O–H groups in total. The van der Waals surface area contributed by atoms with Gasteiger partial charge in [-0.2, -0.15) is 23.6 Å². The third-order valence-corrected chi connectivity index (χ3v) is 3.63. The summed E-state index contributed by atoms with van der Waals surface area (Å²) in [4.78, 5) is 0. The first-order valence-corrected chi connectivity index (χ1v) is 7.11. The fourth-order valence-corrected chi connectivity index (χ4v) is 2.49.